The van der Waals surface area contributed by atoms with Crippen molar-refractivity contribution in [2.75, 3.05) is 34.7 Å². The smallest absolute Gasteiger partial charge is 0.00533 e. The molecule has 0 saturated heterocycles. The van der Waals surface area contributed by atoms with Crippen molar-refractivity contribution in [2.24, 2.45) is 0 Å². The van der Waals surface area contributed by atoms with Crippen LogP contribution in [-0.2, 0) is 0 Å². The van der Waals surface area contributed by atoms with Crippen LogP contribution in [0.3, 0.4) is 0 Å². The fourth-order valence-corrected chi connectivity index (χ4v) is 0. The van der Waals surface area contributed by atoms with E-state index in [1.807, 2.05) is 14.1 Å². The maximum atomic E-state index is 2.75. The fraction of sp³-hybridized carbons (Fsp3) is 1.00. The molecule has 0 atom stereocenters. The van der Waals surface area contributed by atoms with Crippen LogP contribution in [0.15, 0.2) is 0 Å². The van der Waals surface area contributed by atoms with Crippen LogP contribution in [0, 0.1) is 0 Å². The third-order valence-electron chi connectivity index (χ3n) is 0.632. The van der Waals surface area contributed by atoms with Gasteiger partial charge in [0, 0.05) is 0 Å². The van der Waals surface area contributed by atoms with Crippen LogP contribution in [0.4, 0.5) is 0 Å². The van der Waals surface area contributed by atoms with Crippen molar-refractivity contribution < 1.29 is 0 Å². The van der Waals surface area contributed by atoms with Crippen molar-refractivity contribution in [3.05, 3.63) is 0 Å². The number of rotatable bonds is 1. The van der Waals surface area contributed by atoms with Gasteiger partial charge < -0.3 is 10.2 Å². The second kappa shape index (κ2) is 22.4. The van der Waals surface area contributed by atoms with E-state index >= 15 is 0 Å². The van der Waals surface area contributed by atoms with Gasteiger partial charge in [-0.3, -0.25) is 0 Å². The van der Waals surface area contributed by atoms with E-state index in [-0.39, 0.29) is 48.0 Å². The van der Waals surface area contributed by atoms with E-state index < -0.39 is 0 Å². The quantitative estimate of drug-likeness (QED) is 0.703. The first kappa shape index (κ1) is 22.5. The molecule has 0 heterocycles. The van der Waals surface area contributed by atoms with Crippen LogP contribution in [0.2, 0.25) is 0 Å². The highest BCUT2D eigenvalue weighted by molar-refractivity contribution is 14.0. The molecular formula is C6H20I2N2. The summed E-state index contributed by atoms with van der Waals surface area (Å²) in [5, 5.41) is 2.75. The molecular weight excluding hydrogens is 354 g/mol. The summed E-state index contributed by atoms with van der Waals surface area (Å²) >= 11 is 0. The lowest BCUT2D eigenvalue weighted by molar-refractivity contribution is 0.434. The molecule has 0 amide bonds. The molecule has 0 radical (unpaired) electrons. The van der Waals surface area contributed by atoms with Crippen LogP contribution < -0.4 is 5.32 Å². The Bertz CT molecular complexity index is 34.9. The first-order chi connectivity index (χ1) is 3.68. The average molecular weight is 374 g/mol. The molecule has 0 aromatic heterocycles. The van der Waals surface area contributed by atoms with E-state index in [1.165, 1.54) is 0 Å². The Morgan fingerprint density at radius 3 is 1.20 bits per heavy atom. The first-order valence-corrected chi connectivity index (χ1v) is 2.92. The monoisotopic (exact) mass is 374 g/mol. The van der Waals surface area contributed by atoms with E-state index in [4.69, 9.17) is 0 Å². The Labute approximate surface area is 99.2 Å². The van der Waals surface area contributed by atoms with Crippen molar-refractivity contribution in [1.82, 2.24) is 10.2 Å². The summed E-state index contributed by atoms with van der Waals surface area (Å²) < 4.78 is 0. The predicted molar refractivity (Wildman–Crippen MR) is 70.0 cm³/mol. The minimum absolute atomic E-state index is 0. The van der Waals surface area contributed by atoms with Gasteiger partial charge >= 0.3 is 0 Å². The van der Waals surface area contributed by atoms with Gasteiger partial charge in [-0.2, -0.15) is 0 Å². The third kappa shape index (κ3) is 57.7. The third-order valence-corrected chi connectivity index (χ3v) is 0.632. The number of hydrogen-bond donors (Lipinski definition) is 1. The number of nitrogens with one attached hydrogen (secondary N) is 1. The van der Waals surface area contributed by atoms with Gasteiger partial charge in [-0.25, -0.2) is 0 Å². The zero-order chi connectivity index (χ0) is 6.99. The Morgan fingerprint density at radius 1 is 1.10 bits per heavy atom. The maximum absolute atomic E-state index is 2.75. The Hall–Kier alpha value is 1.38. The van der Waals surface area contributed by atoms with E-state index in [9.17, 15) is 0 Å². The molecule has 2 nitrogen and oxygen atoms in total. The van der Waals surface area contributed by atoms with Gasteiger partial charge in [0.2, 0.25) is 0 Å². The van der Waals surface area contributed by atoms with Gasteiger partial charge in [0.1, 0.15) is 0 Å². The molecule has 0 aliphatic heterocycles. The van der Waals surface area contributed by atoms with Gasteiger partial charge in [-0.15, -0.1) is 48.0 Å². The topological polar surface area (TPSA) is 15.3 Å². The van der Waals surface area contributed by atoms with Crippen molar-refractivity contribution in [3.63, 3.8) is 0 Å². The lowest BCUT2D eigenvalue weighted by Gasteiger charge is -2.00. The van der Waals surface area contributed by atoms with Crippen molar-refractivity contribution in [1.29, 1.82) is 0 Å². The number of halogens is 2. The molecule has 4 heteroatoms. The normalized spacial score (nSPS) is 6.60. The molecule has 0 aliphatic carbocycles. The second-order valence-corrected chi connectivity index (χ2v) is 1.90. The van der Waals surface area contributed by atoms with E-state index in [0.29, 0.717) is 0 Å². The molecule has 10 heavy (non-hydrogen) atoms. The Balaban J connectivity index is -0.0000000326. The van der Waals surface area contributed by atoms with Crippen LogP contribution >= 0.6 is 48.0 Å². The minimum Gasteiger partial charge on any atom is -0.323 e. The van der Waals surface area contributed by atoms with Gasteiger partial charge in [0.05, 0.1) is 0 Å². The molecule has 1 N–H and O–H groups in total. The highest BCUT2D eigenvalue weighted by Crippen LogP contribution is 1.63. The van der Waals surface area contributed by atoms with Crippen molar-refractivity contribution in [3.8, 4) is 0 Å². The molecule has 0 fully saturated rings. The second-order valence-electron chi connectivity index (χ2n) is 1.90. The molecule has 0 aromatic carbocycles. The van der Waals surface area contributed by atoms with Gasteiger partial charge in [-0.1, -0.05) is 6.92 Å². The van der Waals surface area contributed by atoms with E-state index in [1.54, 1.807) is 0 Å². The molecule has 0 bridgehead atoms. The zero-order valence-electron chi connectivity index (χ0n) is 7.47. The summed E-state index contributed by atoms with van der Waals surface area (Å²) in [5.41, 5.74) is 0. The van der Waals surface area contributed by atoms with Crippen LogP contribution in [0.5, 0.6) is 0 Å². The minimum atomic E-state index is 0. The van der Waals surface area contributed by atoms with E-state index in [0.717, 1.165) is 6.54 Å². The molecule has 68 valence electrons. The van der Waals surface area contributed by atoms with Crippen molar-refractivity contribution in [2.45, 2.75) is 6.92 Å². The molecule has 0 aromatic rings. The van der Waals surface area contributed by atoms with Gasteiger partial charge in [0.25, 0.3) is 0 Å². The lowest BCUT2D eigenvalue weighted by Crippen LogP contribution is -2.08. The predicted octanol–water partition coefficient (Wildman–Crippen LogP) is 1.64. The number of nitrogens with zero attached hydrogens (tertiary/aromatic N) is 1. The highest BCUT2D eigenvalue weighted by Gasteiger charge is 1.72. The van der Waals surface area contributed by atoms with Gasteiger partial charge in [-0.05, 0) is 34.7 Å². The summed E-state index contributed by atoms with van der Waals surface area (Å²) in [5.74, 6) is 0. The Morgan fingerprint density at radius 2 is 1.20 bits per heavy atom. The summed E-state index contributed by atoms with van der Waals surface area (Å²) in [6.07, 6.45) is 0. The SMILES string of the molecule is CCN(C)C.CNC.I.I. The zero-order valence-corrected chi connectivity index (χ0v) is 12.1. The summed E-state index contributed by atoms with van der Waals surface area (Å²) in [6, 6.07) is 0. The molecule has 0 rings (SSSR count). The highest BCUT2D eigenvalue weighted by atomic mass is 127. The number of hydrogen-bond acceptors (Lipinski definition) is 2. The molecule has 0 saturated carbocycles. The van der Waals surface area contributed by atoms with Crippen LogP contribution in [-0.4, -0.2) is 39.6 Å². The first-order valence-electron chi connectivity index (χ1n) is 2.92. The lowest BCUT2D eigenvalue weighted by atomic mass is 10.7. The average Bonchev–Trinajstić information content (AvgIpc) is 1.69. The Kier molecular flexibility index (Phi) is 50.5. The van der Waals surface area contributed by atoms with Crippen LogP contribution in [0.1, 0.15) is 6.92 Å². The molecule has 0 unspecified atom stereocenters. The largest absolute Gasteiger partial charge is 0.323 e. The van der Waals surface area contributed by atoms with Crippen molar-refractivity contribution >= 4 is 48.0 Å². The van der Waals surface area contributed by atoms with Crippen LogP contribution in [0.25, 0.3) is 0 Å². The summed E-state index contributed by atoms with van der Waals surface area (Å²) in [7, 11) is 7.86. The molecule has 0 spiro atoms. The summed E-state index contributed by atoms with van der Waals surface area (Å²) in [4.78, 5) is 2.12. The molecule has 0 aliphatic rings. The standard InChI is InChI=1S/C4H11N.C2H7N.2HI/c1-4-5(2)3;1-3-2;;/h4H2,1-3H3;3H,1-2H3;2*1H. The fourth-order valence-electron chi connectivity index (χ4n) is 0. The summed E-state index contributed by atoms with van der Waals surface area (Å²) in [6.45, 7) is 3.26. The van der Waals surface area contributed by atoms with E-state index in [2.05, 4.69) is 31.2 Å². The van der Waals surface area contributed by atoms with Gasteiger partial charge in [0.15, 0.2) is 0 Å². The maximum Gasteiger partial charge on any atom is -0.00533 e.